The number of alkyl halides is 2. The zero-order chi connectivity index (χ0) is 14.9. The van der Waals surface area contributed by atoms with E-state index in [1.807, 2.05) is 0 Å². The third-order valence-corrected chi connectivity index (χ3v) is 5.78. The van der Waals surface area contributed by atoms with E-state index in [0.717, 1.165) is 36.7 Å². The molecule has 2 heterocycles. The van der Waals surface area contributed by atoms with Crippen LogP contribution in [0.25, 0.3) is 0 Å². The molecule has 0 unspecified atom stereocenters. The van der Waals surface area contributed by atoms with Gasteiger partial charge in [0, 0.05) is 24.8 Å². The molecule has 6 heteroatoms. The van der Waals surface area contributed by atoms with Crippen molar-refractivity contribution in [2.75, 3.05) is 51.0 Å². The fourth-order valence-electron chi connectivity index (χ4n) is 3.93. The number of nitrogens with zero attached hydrogens (tertiary/aromatic N) is 2. The van der Waals surface area contributed by atoms with E-state index in [1.165, 1.54) is 71.1 Å². The van der Waals surface area contributed by atoms with E-state index >= 15 is 0 Å². The van der Waals surface area contributed by atoms with Gasteiger partial charge in [0.2, 0.25) is 0 Å². The normalized spacial score (nSPS) is 21.7. The van der Waals surface area contributed by atoms with E-state index in [0.29, 0.717) is 0 Å². The summed E-state index contributed by atoms with van der Waals surface area (Å²) in [6.07, 6.45) is 9.93. The molecule has 0 aliphatic carbocycles. The van der Waals surface area contributed by atoms with Gasteiger partial charge in [-0.05, 0) is 63.7 Å². The van der Waals surface area contributed by atoms with Crippen molar-refractivity contribution < 1.29 is 0 Å². The quantitative estimate of drug-likeness (QED) is 0.527. The van der Waals surface area contributed by atoms with Gasteiger partial charge in [-0.2, -0.15) is 0 Å². The highest BCUT2D eigenvalue weighted by Gasteiger charge is 2.21. The van der Waals surface area contributed by atoms with Crippen molar-refractivity contribution in [1.82, 2.24) is 9.80 Å². The van der Waals surface area contributed by atoms with E-state index in [-0.39, 0.29) is 24.8 Å². The molecule has 2 rings (SSSR count). The summed E-state index contributed by atoms with van der Waals surface area (Å²) in [5.74, 6) is 3.53. The first-order valence-electron chi connectivity index (χ1n) is 8.88. The molecule has 2 aliphatic heterocycles. The summed E-state index contributed by atoms with van der Waals surface area (Å²) in [5, 5.41) is 0. The van der Waals surface area contributed by atoms with Gasteiger partial charge in [0.1, 0.15) is 0 Å². The van der Waals surface area contributed by atoms with Gasteiger partial charge in [0.05, 0.1) is 0 Å². The summed E-state index contributed by atoms with van der Waals surface area (Å²) in [6.45, 7) is 7.25. The van der Waals surface area contributed by atoms with Crippen LogP contribution in [-0.4, -0.2) is 60.8 Å². The molecule has 2 aliphatic rings. The summed E-state index contributed by atoms with van der Waals surface area (Å²) >= 11 is 11.6. The Bertz CT molecular complexity index is 239. The van der Waals surface area contributed by atoms with E-state index in [9.17, 15) is 0 Å². The molecule has 2 fully saturated rings. The SMILES string of the molecule is Cl.Cl.ClCCN1CCC(CCCC2CCN(CCCl)CC2)CC1. The second kappa shape index (κ2) is 14.3. The fourth-order valence-corrected chi connectivity index (χ4v) is 4.41. The highest BCUT2D eigenvalue weighted by atomic mass is 35.5. The molecule has 0 N–H and O–H groups in total. The first-order valence-corrected chi connectivity index (χ1v) is 9.95. The summed E-state index contributed by atoms with van der Waals surface area (Å²) in [4.78, 5) is 5.05. The van der Waals surface area contributed by atoms with Gasteiger partial charge < -0.3 is 9.80 Å². The number of piperidine rings is 2. The molecule has 0 bridgehead atoms. The minimum absolute atomic E-state index is 0. The molecular formula is C17H34Cl4N2. The van der Waals surface area contributed by atoms with Crippen molar-refractivity contribution in [3.63, 3.8) is 0 Å². The number of likely N-dealkylation sites (tertiary alicyclic amines) is 2. The average Bonchev–Trinajstić information content (AvgIpc) is 2.51. The Labute approximate surface area is 165 Å². The maximum absolute atomic E-state index is 5.82. The minimum Gasteiger partial charge on any atom is -0.302 e. The van der Waals surface area contributed by atoms with Crippen molar-refractivity contribution in [2.45, 2.75) is 44.9 Å². The van der Waals surface area contributed by atoms with Crippen LogP contribution in [0.1, 0.15) is 44.9 Å². The van der Waals surface area contributed by atoms with Crippen LogP contribution in [0.3, 0.4) is 0 Å². The molecule has 0 radical (unpaired) electrons. The average molecular weight is 408 g/mol. The van der Waals surface area contributed by atoms with Crippen LogP contribution in [0, 0.1) is 11.8 Å². The lowest BCUT2D eigenvalue weighted by Gasteiger charge is -2.33. The Kier molecular flexibility index (Phi) is 14.9. The molecule has 23 heavy (non-hydrogen) atoms. The lowest BCUT2D eigenvalue weighted by atomic mass is 9.87. The van der Waals surface area contributed by atoms with Crippen LogP contribution in [0.5, 0.6) is 0 Å². The molecule has 0 aromatic heterocycles. The fraction of sp³-hybridized carbons (Fsp3) is 1.00. The predicted octanol–water partition coefficient (Wildman–Crippen LogP) is 4.90. The maximum atomic E-state index is 5.82. The molecule has 2 nitrogen and oxygen atoms in total. The zero-order valence-corrected chi connectivity index (χ0v) is 17.4. The topological polar surface area (TPSA) is 6.48 Å². The van der Waals surface area contributed by atoms with Crippen molar-refractivity contribution in [1.29, 1.82) is 0 Å². The third-order valence-electron chi connectivity index (χ3n) is 5.44. The Balaban J connectivity index is 0.00000242. The number of hydrogen-bond acceptors (Lipinski definition) is 2. The van der Waals surface area contributed by atoms with Gasteiger partial charge in [0.15, 0.2) is 0 Å². The van der Waals surface area contributed by atoms with Crippen LogP contribution < -0.4 is 0 Å². The van der Waals surface area contributed by atoms with Crippen molar-refractivity contribution >= 4 is 48.0 Å². The molecule has 0 atom stereocenters. The molecular weight excluding hydrogens is 374 g/mol. The molecule has 0 aromatic rings. The second-order valence-corrected chi connectivity index (χ2v) is 7.63. The Morgan fingerprint density at radius 2 is 1.00 bits per heavy atom. The standard InChI is InChI=1S/C17H32Cl2N2.2ClH/c18-8-14-20-10-4-16(5-11-20)2-1-3-17-6-12-21(13-7-17)15-9-19;;/h16-17H,1-15H2;2*1H. The molecule has 0 saturated carbocycles. The molecule has 0 amide bonds. The second-order valence-electron chi connectivity index (χ2n) is 6.88. The van der Waals surface area contributed by atoms with Crippen molar-refractivity contribution in [3.05, 3.63) is 0 Å². The van der Waals surface area contributed by atoms with Gasteiger partial charge in [-0.3, -0.25) is 0 Å². The Morgan fingerprint density at radius 1 is 0.652 bits per heavy atom. The predicted molar refractivity (Wildman–Crippen MR) is 108 cm³/mol. The van der Waals surface area contributed by atoms with Crippen molar-refractivity contribution in [2.24, 2.45) is 11.8 Å². The number of rotatable bonds is 8. The molecule has 2 saturated heterocycles. The molecule has 0 spiro atoms. The minimum atomic E-state index is 0. The van der Waals surface area contributed by atoms with Crippen molar-refractivity contribution in [3.8, 4) is 0 Å². The Hall–Kier alpha value is 1.08. The number of hydrogen-bond donors (Lipinski definition) is 0. The van der Waals surface area contributed by atoms with Crippen LogP contribution in [0.15, 0.2) is 0 Å². The largest absolute Gasteiger partial charge is 0.302 e. The highest BCUT2D eigenvalue weighted by molar-refractivity contribution is 6.18. The van der Waals surface area contributed by atoms with Gasteiger partial charge >= 0.3 is 0 Å². The molecule has 0 aromatic carbocycles. The van der Waals surface area contributed by atoms with E-state index in [2.05, 4.69) is 9.80 Å². The number of halogens is 4. The monoisotopic (exact) mass is 406 g/mol. The highest BCUT2D eigenvalue weighted by Crippen LogP contribution is 2.27. The Morgan fingerprint density at radius 3 is 1.30 bits per heavy atom. The first-order chi connectivity index (χ1) is 10.3. The van der Waals surface area contributed by atoms with E-state index < -0.39 is 0 Å². The first kappa shape index (κ1) is 24.1. The van der Waals surface area contributed by atoms with Gasteiger partial charge in [-0.25, -0.2) is 0 Å². The van der Waals surface area contributed by atoms with E-state index in [1.54, 1.807) is 0 Å². The summed E-state index contributed by atoms with van der Waals surface area (Å²) in [6, 6.07) is 0. The van der Waals surface area contributed by atoms with Crippen LogP contribution in [0.4, 0.5) is 0 Å². The smallest absolute Gasteiger partial charge is 0.0351 e. The summed E-state index contributed by atoms with van der Waals surface area (Å²) in [7, 11) is 0. The van der Waals surface area contributed by atoms with Gasteiger partial charge in [-0.1, -0.05) is 19.3 Å². The lowest BCUT2D eigenvalue weighted by Crippen LogP contribution is -2.35. The van der Waals surface area contributed by atoms with Crippen LogP contribution in [0.2, 0.25) is 0 Å². The van der Waals surface area contributed by atoms with E-state index in [4.69, 9.17) is 23.2 Å². The van der Waals surface area contributed by atoms with Gasteiger partial charge in [-0.15, -0.1) is 48.0 Å². The maximum Gasteiger partial charge on any atom is 0.0351 e. The summed E-state index contributed by atoms with van der Waals surface area (Å²) in [5.41, 5.74) is 0. The molecule has 140 valence electrons. The zero-order valence-electron chi connectivity index (χ0n) is 14.2. The summed E-state index contributed by atoms with van der Waals surface area (Å²) < 4.78 is 0. The third kappa shape index (κ3) is 9.37. The van der Waals surface area contributed by atoms with Gasteiger partial charge in [0.25, 0.3) is 0 Å². The lowest BCUT2D eigenvalue weighted by molar-refractivity contribution is 0.170. The van der Waals surface area contributed by atoms with Crippen LogP contribution in [-0.2, 0) is 0 Å². The van der Waals surface area contributed by atoms with Crippen LogP contribution >= 0.6 is 48.0 Å².